The second-order valence-electron chi connectivity index (χ2n) is 5.60. The standard InChI is InChI=1S/C12H23Br/c1-9(13)10-7-5-6-8-11(10)12(2,3)4/h9-11H,5-8H2,1-4H3. The van der Waals surface area contributed by atoms with Crippen LogP contribution in [0.4, 0.5) is 0 Å². The van der Waals surface area contributed by atoms with Gasteiger partial charge in [-0.3, -0.25) is 0 Å². The molecule has 0 aromatic heterocycles. The van der Waals surface area contributed by atoms with Crippen molar-refractivity contribution in [2.75, 3.05) is 0 Å². The Balaban J connectivity index is 2.67. The van der Waals surface area contributed by atoms with E-state index in [0.29, 0.717) is 10.2 Å². The molecule has 1 aliphatic rings. The molecule has 3 atom stereocenters. The third-order valence-corrected chi connectivity index (χ3v) is 4.20. The van der Waals surface area contributed by atoms with Crippen LogP contribution in [0.3, 0.4) is 0 Å². The average Bonchev–Trinajstić information content (AvgIpc) is 2.03. The van der Waals surface area contributed by atoms with Gasteiger partial charge in [0, 0.05) is 4.83 Å². The molecule has 0 aliphatic heterocycles. The lowest BCUT2D eigenvalue weighted by atomic mass is 9.66. The fourth-order valence-electron chi connectivity index (χ4n) is 2.78. The van der Waals surface area contributed by atoms with Crippen molar-refractivity contribution >= 4 is 15.9 Å². The Labute approximate surface area is 91.6 Å². The highest BCUT2D eigenvalue weighted by molar-refractivity contribution is 9.09. The fourth-order valence-corrected chi connectivity index (χ4v) is 3.42. The maximum Gasteiger partial charge on any atom is 0.0148 e. The van der Waals surface area contributed by atoms with Crippen molar-refractivity contribution in [3.8, 4) is 0 Å². The molecule has 0 N–H and O–H groups in total. The minimum absolute atomic E-state index is 0.493. The third kappa shape index (κ3) is 2.97. The molecule has 0 spiro atoms. The SMILES string of the molecule is CC(Br)C1CCCCC1C(C)(C)C. The summed E-state index contributed by atoms with van der Waals surface area (Å²) in [6.07, 6.45) is 5.74. The van der Waals surface area contributed by atoms with Crippen LogP contribution in [0, 0.1) is 17.3 Å². The summed E-state index contributed by atoms with van der Waals surface area (Å²) in [7, 11) is 0. The van der Waals surface area contributed by atoms with Crippen molar-refractivity contribution in [2.45, 2.75) is 58.2 Å². The van der Waals surface area contributed by atoms with Crippen molar-refractivity contribution in [1.29, 1.82) is 0 Å². The molecule has 0 nitrogen and oxygen atoms in total. The summed E-state index contributed by atoms with van der Waals surface area (Å²) in [5.74, 6) is 1.81. The van der Waals surface area contributed by atoms with Crippen LogP contribution >= 0.6 is 15.9 Å². The van der Waals surface area contributed by atoms with Crippen molar-refractivity contribution in [2.24, 2.45) is 17.3 Å². The lowest BCUT2D eigenvalue weighted by Crippen LogP contribution is -2.34. The van der Waals surface area contributed by atoms with Crippen LogP contribution in [0.25, 0.3) is 0 Å². The Kier molecular flexibility index (Phi) is 3.85. The molecule has 0 bridgehead atoms. The highest BCUT2D eigenvalue weighted by atomic mass is 79.9. The Hall–Kier alpha value is 0.480. The molecule has 0 saturated heterocycles. The minimum atomic E-state index is 0.493. The normalized spacial score (nSPS) is 33.0. The van der Waals surface area contributed by atoms with E-state index in [2.05, 4.69) is 43.6 Å². The first-order valence-corrected chi connectivity index (χ1v) is 6.48. The summed E-state index contributed by atoms with van der Waals surface area (Å²) >= 11 is 3.77. The van der Waals surface area contributed by atoms with E-state index in [4.69, 9.17) is 0 Å². The van der Waals surface area contributed by atoms with Gasteiger partial charge < -0.3 is 0 Å². The summed E-state index contributed by atoms with van der Waals surface area (Å²) in [5, 5.41) is 0. The molecule has 13 heavy (non-hydrogen) atoms. The van der Waals surface area contributed by atoms with Crippen LogP contribution in [0.1, 0.15) is 53.4 Å². The van der Waals surface area contributed by atoms with Gasteiger partial charge in [-0.05, 0) is 30.1 Å². The second kappa shape index (κ2) is 4.33. The topological polar surface area (TPSA) is 0 Å². The van der Waals surface area contributed by atoms with Crippen LogP contribution < -0.4 is 0 Å². The van der Waals surface area contributed by atoms with Gasteiger partial charge in [-0.25, -0.2) is 0 Å². The predicted molar refractivity (Wildman–Crippen MR) is 63.3 cm³/mol. The first kappa shape index (κ1) is 11.6. The average molecular weight is 247 g/mol. The lowest BCUT2D eigenvalue weighted by molar-refractivity contribution is 0.109. The predicted octanol–water partition coefficient (Wildman–Crippen LogP) is 4.62. The van der Waals surface area contributed by atoms with Crippen LogP contribution in [0.15, 0.2) is 0 Å². The maximum atomic E-state index is 3.77. The molecule has 3 unspecified atom stereocenters. The molecule has 1 rings (SSSR count). The highest BCUT2D eigenvalue weighted by Gasteiger charge is 2.35. The Bertz CT molecular complexity index is 155. The van der Waals surface area contributed by atoms with Gasteiger partial charge in [0.2, 0.25) is 0 Å². The smallest absolute Gasteiger partial charge is 0.0148 e. The first-order valence-electron chi connectivity index (χ1n) is 5.57. The Morgan fingerprint density at radius 1 is 1.15 bits per heavy atom. The van der Waals surface area contributed by atoms with E-state index in [1.54, 1.807) is 0 Å². The molecule has 1 aliphatic carbocycles. The zero-order valence-electron chi connectivity index (χ0n) is 9.44. The molecule has 1 saturated carbocycles. The van der Waals surface area contributed by atoms with Crippen LogP contribution in [-0.4, -0.2) is 4.83 Å². The van der Waals surface area contributed by atoms with Gasteiger partial charge in [0.1, 0.15) is 0 Å². The van der Waals surface area contributed by atoms with Crippen LogP contribution in [-0.2, 0) is 0 Å². The molecule has 1 fully saturated rings. The summed E-state index contributed by atoms with van der Waals surface area (Å²) in [6, 6.07) is 0. The third-order valence-electron chi connectivity index (χ3n) is 3.52. The number of hydrogen-bond acceptors (Lipinski definition) is 0. The zero-order valence-corrected chi connectivity index (χ0v) is 11.0. The molecule has 78 valence electrons. The second-order valence-corrected chi connectivity index (χ2v) is 7.04. The van der Waals surface area contributed by atoms with Crippen molar-refractivity contribution in [3.63, 3.8) is 0 Å². The summed E-state index contributed by atoms with van der Waals surface area (Å²) < 4.78 is 0. The molecule has 0 aromatic rings. The minimum Gasteiger partial charge on any atom is -0.0891 e. The summed E-state index contributed by atoms with van der Waals surface area (Å²) in [5.41, 5.74) is 0.493. The van der Waals surface area contributed by atoms with Gasteiger partial charge in [-0.1, -0.05) is 56.5 Å². The van der Waals surface area contributed by atoms with Gasteiger partial charge in [-0.2, -0.15) is 0 Å². The molecule has 0 heterocycles. The maximum absolute atomic E-state index is 3.77. The van der Waals surface area contributed by atoms with Gasteiger partial charge in [0.05, 0.1) is 0 Å². The van der Waals surface area contributed by atoms with Crippen molar-refractivity contribution in [1.82, 2.24) is 0 Å². The van der Waals surface area contributed by atoms with Crippen molar-refractivity contribution in [3.05, 3.63) is 0 Å². The van der Waals surface area contributed by atoms with E-state index in [0.717, 1.165) is 11.8 Å². The molecular weight excluding hydrogens is 224 g/mol. The fraction of sp³-hybridized carbons (Fsp3) is 1.00. The quantitative estimate of drug-likeness (QED) is 0.593. The number of alkyl halides is 1. The Morgan fingerprint density at radius 3 is 2.08 bits per heavy atom. The van der Waals surface area contributed by atoms with E-state index >= 15 is 0 Å². The van der Waals surface area contributed by atoms with E-state index in [9.17, 15) is 0 Å². The van der Waals surface area contributed by atoms with Gasteiger partial charge in [0.25, 0.3) is 0 Å². The molecule has 0 amide bonds. The van der Waals surface area contributed by atoms with Crippen molar-refractivity contribution < 1.29 is 0 Å². The Morgan fingerprint density at radius 2 is 1.69 bits per heavy atom. The van der Waals surface area contributed by atoms with E-state index < -0.39 is 0 Å². The monoisotopic (exact) mass is 246 g/mol. The molecule has 0 aromatic carbocycles. The van der Waals surface area contributed by atoms with E-state index in [1.807, 2.05) is 0 Å². The van der Waals surface area contributed by atoms with Gasteiger partial charge >= 0.3 is 0 Å². The van der Waals surface area contributed by atoms with E-state index in [-0.39, 0.29) is 0 Å². The summed E-state index contributed by atoms with van der Waals surface area (Å²) in [4.78, 5) is 0.692. The largest absolute Gasteiger partial charge is 0.0891 e. The van der Waals surface area contributed by atoms with Gasteiger partial charge in [0.15, 0.2) is 0 Å². The lowest BCUT2D eigenvalue weighted by Gasteiger charge is -2.42. The number of hydrogen-bond donors (Lipinski definition) is 0. The zero-order chi connectivity index (χ0) is 10.1. The molecule has 1 heteroatoms. The highest BCUT2D eigenvalue weighted by Crippen LogP contribution is 2.44. The van der Waals surface area contributed by atoms with E-state index in [1.165, 1.54) is 25.7 Å². The van der Waals surface area contributed by atoms with Crippen LogP contribution in [0.5, 0.6) is 0 Å². The van der Waals surface area contributed by atoms with Crippen LogP contribution in [0.2, 0.25) is 0 Å². The molecular formula is C12H23Br. The summed E-state index contributed by atoms with van der Waals surface area (Å²) in [6.45, 7) is 9.50. The number of halogens is 1. The number of rotatable bonds is 1. The molecule has 0 radical (unpaired) electrons. The first-order chi connectivity index (χ1) is 5.93. The van der Waals surface area contributed by atoms with Gasteiger partial charge in [-0.15, -0.1) is 0 Å².